The second-order valence-corrected chi connectivity index (χ2v) is 16.3. The van der Waals surface area contributed by atoms with Gasteiger partial charge < -0.3 is 24.1 Å². The summed E-state index contributed by atoms with van der Waals surface area (Å²) in [6.45, 7) is 9.63. The Kier molecular flexibility index (Phi) is 7.43. The van der Waals surface area contributed by atoms with E-state index in [1.807, 2.05) is 50.2 Å². The maximum absolute atomic E-state index is 13.6. The van der Waals surface area contributed by atoms with Gasteiger partial charge in [0, 0.05) is 6.42 Å². The quantitative estimate of drug-likeness (QED) is 0.488. The first-order chi connectivity index (χ1) is 18.0. The van der Waals surface area contributed by atoms with Crippen molar-refractivity contribution in [2.45, 2.75) is 88.4 Å². The lowest BCUT2D eigenvalue weighted by Crippen LogP contribution is -2.67. The number of Topliss-reactive ketones (excluding diaryl/α,β-unsaturated/α-hetero) is 1. The van der Waals surface area contributed by atoms with Crippen LogP contribution in [-0.4, -0.2) is 84.9 Å². The second kappa shape index (κ2) is 10.2. The summed E-state index contributed by atoms with van der Waals surface area (Å²) in [5.74, 6) is -0.970. The van der Waals surface area contributed by atoms with Gasteiger partial charge in [-0.05, 0) is 29.3 Å². The molecule has 6 unspecified atom stereocenters. The number of hydrogen-bond acceptors (Lipinski definition) is 8. The molecule has 2 aromatic rings. The summed E-state index contributed by atoms with van der Waals surface area (Å²) in [5, 5.41) is 23.9. The van der Waals surface area contributed by atoms with Crippen molar-refractivity contribution in [1.82, 2.24) is 5.06 Å². The normalized spacial score (nSPS) is 29.7. The van der Waals surface area contributed by atoms with Crippen LogP contribution < -0.4 is 10.4 Å². The van der Waals surface area contributed by atoms with Crippen LogP contribution in [0, 0.1) is 0 Å². The van der Waals surface area contributed by atoms with E-state index in [2.05, 4.69) is 45.0 Å². The molecule has 0 bridgehead atoms. The number of rotatable bonds is 8. The van der Waals surface area contributed by atoms with Crippen LogP contribution >= 0.6 is 0 Å². The molecule has 0 aliphatic carbocycles. The molecule has 5 rings (SSSR count). The fraction of sp³-hybridized carbons (Fsp3) is 0.552. The summed E-state index contributed by atoms with van der Waals surface area (Å²) >= 11 is 0. The van der Waals surface area contributed by atoms with Crippen LogP contribution in [0.25, 0.3) is 0 Å². The largest absolute Gasteiger partial charge is 0.400 e. The highest BCUT2D eigenvalue weighted by molar-refractivity contribution is 6.99. The molecule has 0 amide bonds. The number of aliphatic hydroxyl groups excluding tert-OH is 2. The van der Waals surface area contributed by atoms with Crippen LogP contribution in [0.15, 0.2) is 60.7 Å². The highest BCUT2D eigenvalue weighted by Crippen LogP contribution is 2.46. The van der Waals surface area contributed by atoms with Gasteiger partial charge in [-0.2, -0.15) is 5.06 Å². The number of hydroxylamine groups is 2. The Morgan fingerprint density at radius 2 is 1.61 bits per heavy atom. The number of carbonyl (C=O) groups is 1. The molecule has 38 heavy (non-hydrogen) atoms. The predicted molar refractivity (Wildman–Crippen MR) is 144 cm³/mol. The minimum atomic E-state index is -2.88. The van der Waals surface area contributed by atoms with Gasteiger partial charge in [0.2, 0.25) is 0 Å². The van der Waals surface area contributed by atoms with Gasteiger partial charge in [0.05, 0.1) is 31.4 Å². The zero-order chi connectivity index (χ0) is 27.3. The van der Waals surface area contributed by atoms with E-state index in [0.717, 1.165) is 10.4 Å². The van der Waals surface area contributed by atoms with Crippen LogP contribution in [0.5, 0.6) is 0 Å². The van der Waals surface area contributed by atoms with E-state index < -0.39 is 45.1 Å². The van der Waals surface area contributed by atoms with Crippen molar-refractivity contribution in [2.75, 3.05) is 13.2 Å². The molecule has 0 aromatic heterocycles. The summed E-state index contributed by atoms with van der Waals surface area (Å²) in [7, 11) is -2.88. The summed E-state index contributed by atoms with van der Waals surface area (Å²) in [6.07, 6.45) is -2.25. The Morgan fingerprint density at radius 3 is 2.13 bits per heavy atom. The van der Waals surface area contributed by atoms with E-state index in [1.54, 1.807) is 5.06 Å². The summed E-state index contributed by atoms with van der Waals surface area (Å²) < 4.78 is 19.0. The van der Waals surface area contributed by atoms with Gasteiger partial charge in [0.25, 0.3) is 8.32 Å². The van der Waals surface area contributed by atoms with Crippen LogP contribution in [0.2, 0.25) is 5.04 Å². The van der Waals surface area contributed by atoms with E-state index in [-0.39, 0.29) is 29.6 Å². The third kappa shape index (κ3) is 4.69. The fourth-order valence-electron chi connectivity index (χ4n) is 6.41. The number of aliphatic hydroxyl groups is 2. The van der Waals surface area contributed by atoms with Gasteiger partial charge in [-0.25, -0.2) is 0 Å². The molecule has 2 aromatic carbocycles. The van der Waals surface area contributed by atoms with Crippen molar-refractivity contribution < 1.29 is 33.7 Å². The average Bonchev–Trinajstić information content (AvgIpc) is 3.52. The van der Waals surface area contributed by atoms with E-state index in [1.165, 1.54) is 0 Å². The topological polar surface area (TPSA) is 97.7 Å². The van der Waals surface area contributed by atoms with E-state index >= 15 is 0 Å². The van der Waals surface area contributed by atoms with Crippen molar-refractivity contribution >= 4 is 24.5 Å². The lowest BCUT2D eigenvalue weighted by Gasteiger charge is -2.43. The van der Waals surface area contributed by atoms with E-state index in [9.17, 15) is 15.0 Å². The summed E-state index contributed by atoms with van der Waals surface area (Å²) in [6, 6.07) is 19.5. The smallest absolute Gasteiger partial charge is 0.261 e. The maximum atomic E-state index is 13.6. The van der Waals surface area contributed by atoms with Crippen molar-refractivity contribution in [1.29, 1.82) is 0 Å². The molecule has 0 saturated carbocycles. The summed E-state index contributed by atoms with van der Waals surface area (Å²) in [5.41, 5.74) is 0. The zero-order valence-corrected chi connectivity index (χ0v) is 23.7. The molecule has 9 heteroatoms. The molecule has 0 radical (unpaired) electrons. The van der Waals surface area contributed by atoms with Gasteiger partial charge in [-0.3, -0.25) is 9.63 Å². The molecule has 3 fully saturated rings. The van der Waals surface area contributed by atoms with Gasteiger partial charge in [-0.1, -0.05) is 81.4 Å². The lowest BCUT2D eigenvalue weighted by molar-refractivity contribution is -0.237. The first kappa shape index (κ1) is 27.6. The number of nitrogens with zero attached hydrogens (tertiary/aromatic N) is 1. The van der Waals surface area contributed by atoms with Crippen molar-refractivity contribution in [2.24, 2.45) is 0 Å². The molecule has 8 nitrogen and oxygen atoms in total. The molecule has 6 atom stereocenters. The zero-order valence-electron chi connectivity index (χ0n) is 22.7. The fourth-order valence-corrected chi connectivity index (χ4v) is 10.9. The number of ether oxygens (including phenoxy) is 2. The average molecular weight is 542 g/mol. The summed E-state index contributed by atoms with van der Waals surface area (Å²) in [4.78, 5) is 19.8. The molecular formula is C29H39NO7Si. The van der Waals surface area contributed by atoms with Gasteiger partial charge >= 0.3 is 0 Å². The predicted octanol–water partition coefficient (Wildman–Crippen LogP) is 1.76. The minimum absolute atomic E-state index is 0.0946. The van der Waals surface area contributed by atoms with Gasteiger partial charge in [0.15, 0.2) is 11.6 Å². The molecule has 3 heterocycles. The Morgan fingerprint density at radius 1 is 1.05 bits per heavy atom. The number of fused-ring (bicyclic) bond motifs is 3. The second-order valence-electron chi connectivity index (χ2n) is 12.0. The molecule has 206 valence electrons. The molecule has 0 spiro atoms. The number of carbonyl (C=O) groups excluding carboxylic acids is 1. The Labute approximate surface area is 225 Å². The van der Waals surface area contributed by atoms with Crippen LogP contribution in [-0.2, 0) is 23.5 Å². The Bertz CT molecular complexity index is 1080. The van der Waals surface area contributed by atoms with Crippen molar-refractivity contribution in [3.63, 3.8) is 0 Å². The highest BCUT2D eigenvalue weighted by atomic mass is 28.4. The van der Waals surface area contributed by atoms with E-state index in [4.69, 9.17) is 18.7 Å². The third-order valence-corrected chi connectivity index (χ3v) is 13.0. The first-order valence-corrected chi connectivity index (χ1v) is 15.3. The molecule has 3 aliphatic rings. The van der Waals surface area contributed by atoms with Gasteiger partial charge in [0.1, 0.15) is 18.3 Å². The number of ketones is 1. The maximum Gasteiger partial charge on any atom is 0.261 e. The van der Waals surface area contributed by atoms with Crippen LogP contribution in [0.1, 0.15) is 41.0 Å². The highest BCUT2D eigenvalue weighted by Gasteiger charge is 2.63. The third-order valence-electron chi connectivity index (χ3n) is 7.99. The first-order valence-electron chi connectivity index (χ1n) is 13.4. The monoisotopic (exact) mass is 541 g/mol. The van der Waals surface area contributed by atoms with Crippen molar-refractivity contribution in [3.8, 4) is 0 Å². The molecule has 2 N–H and O–H groups in total. The minimum Gasteiger partial charge on any atom is -0.400 e. The molecular weight excluding hydrogens is 502 g/mol. The lowest BCUT2D eigenvalue weighted by atomic mass is 10.00. The SMILES string of the molecule is CC1(C)OC2C(O1)C(C(O)CO)N1OC(C(=O)CO[Si](c3ccccc3)(c3ccccc3)C(C)(C)C)CC21. The Balaban J connectivity index is 1.39. The van der Waals surface area contributed by atoms with Crippen LogP contribution in [0.4, 0.5) is 0 Å². The standard InChI is InChI=1S/C29H39NO7Si/c1-28(2,3)38(19-12-8-6-9-13-19,20-14-10-7-11-15-20)34-18-23(33)24-16-21-26-27(36-29(4,5)35-26)25(22(32)17-31)30(21)37-24/h6-15,21-22,24-27,31-32H,16-18H2,1-5H3. The molecule has 3 saturated heterocycles. The Hall–Kier alpha value is -1.95. The molecule has 3 aliphatic heterocycles. The van der Waals surface area contributed by atoms with Crippen LogP contribution in [0.3, 0.4) is 0 Å². The van der Waals surface area contributed by atoms with Crippen molar-refractivity contribution in [3.05, 3.63) is 60.7 Å². The number of hydrogen-bond donors (Lipinski definition) is 2. The number of benzene rings is 2. The van der Waals surface area contributed by atoms with Gasteiger partial charge in [-0.15, -0.1) is 0 Å². The van der Waals surface area contributed by atoms with E-state index in [0.29, 0.717) is 6.42 Å².